The molecule has 5 rings (SSSR count). The van der Waals surface area contributed by atoms with Gasteiger partial charge in [0.2, 0.25) is 5.91 Å². The number of hydrogen-bond acceptors (Lipinski definition) is 3. The lowest BCUT2D eigenvalue weighted by atomic mass is 10.00. The van der Waals surface area contributed by atoms with Crippen molar-refractivity contribution in [1.82, 2.24) is 14.9 Å². The van der Waals surface area contributed by atoms with E-state index >= 15 is 0 Å². The number of carbonyl (C=O) groups is 1. The molecule has 1 aliphatic rings. The molecule has 2 N–H and O–H groups in total. The van der Waals surface area contributed by atoms with Crippen molar-refractivity contribution in [2.75, 3.05) is 10.2 Å². The van der Waals surface area contributed by atoms with E-state index in [1.54, 1.807) is 18.3 Å². The Labute approximate surface area is 221 Å². The van der Waals surface area contributed by atoms with Crippen molar-refractivity contribution in [2.24, 2.45) is 5.92 Å². The molecule has 6 nitrogen and oxygen atoms in total. The monoisotopic (exact) mass is 513 g/mol. The topological polar surface area (TPSA) is 62.2 Å². The van der Waals surface area contributed by atoms with Gasteiger partial charge in [0.1, 0.15) is 11.9 Å². The highest BCUT2D eigenvalue weighted by Crippen LogP contribution is 2.42. The van der Waals surface area contributed by atoms with Crippen LogP contribution in [-0.4, -0.2) is 20.6 Å². The molecule has 37 heavy (non-hydrogen) atoms. The molecule has 0 bridgehead atoms. The van der Waals surface area contributed by atoms with Gasteiger partial charge < -0.3 is 20.1 Å². The van der Waals surface area contributed by atoms with E-state index in [-0.39, 0.29) is 29.7 Å². The summed E-state index contributed by atoms with van der Waals surface area (Å²) in [6.45, 7) is 5.70. The van der Waals surface area contributed by atoms with Gasteiger partial charge in [0.15, 0.2) is 5.11 Å². The second kappa shape index (κ2) is 10.1. The number of rotatable bonds is 6. The highest BCUT2D eigenvalue weighted by Gasteiger charge is 2.42. The fourth-order valence-electron chi connectivity index (χ4n) is 4.62. The summed E-state index contributed by atoms with van der Waals surface area (Å²) in [4.78, 5) is 19.0. The van der Waals surface area contributed by atoms with Gasteiger partial charge in [-0.2, -0.15) is 0 Å². The summed E-state index contributed by atoms with van der Waals surface area (Å²) in [5.41, 5.74) is 5.29. The Hall–Kier alpha value is -4.04. The molecule has 0 aliphatic carbocycles. The van der Waals surface area contributed by atoms with Crippen LogP contribution in [0.2, 0.25) is 0 Å². The van der Waals surface area contributed by atoms with Gasteiger partial charge >= 0.3 is 0 Å². The van der Waals surface area contributed by atoms with Gasteiger partial charge in [0.05, 0.1) is 11.7 Å². The first-order valence-electron chi connectivity index (χ1n) is 12.2. The van der Waals surface area contributed by atoms with E-state index < -0.39 is 0 Å². The quantitative estimate of drug-likeness (QED) is 0.306. The number of halogens is 1. The van der Waals surface area contributed by atoms with Gasteiger partial charge in [0.25, 0.3) is 0 Å². The Morgan fingerprint density at radius 2 is 1.81 bits per heavy atom. The molecule has 1 fully saturated rings. The Balaban J connectivity index is 1.59. The van der Waals surface area contributed by atoms with Gasteiger partial charge in [-0.25, -0.2) is 4.39 Å². The maximum atomic E-state index is 13.7. The molecule has 4 aromatic rings. The molecule has 2 aromatic carbocycles. The van der Waals surface area contributed by atoms with Gasteiger partial charge in [-0.15, -0.1) is 0 Å². The van der Waals surface area contributed by atoms with E-state index in [1.807, 2.05) is 74.0 Å². The number of thiocarbonyl (C=S) groups is 1. The lowest BCUT2D eigenvalue weighted by Gasteiger charge is -2.29. The summed E-state index contributed by atoms with van der Waals surface area (Å²) < 4.78 is 15.7. The minimum absolute atomic E-state index is 0.0283. The van der Waals surface area contributed by atoms with Crippen LogP contribution in [0.4, 0.5) is 15.8 Å². The highest BCUT2D eigenvalue weighted by molar-refractivity contribution is 7.80. The van der Waals surface area contributed by atoms with Crippen molar-refractivity contribution < 1.29 is 9.18 Å². The number of hydrogen-bond donors (Lipinski definition) is 2. The van der Waals surface area contributed by atoms with Crippen LogP contribution in [0.15, 0.2) is 85.2 Å². The van der Waals surface area contributed by atoms with E-state index in [0.717, 1.165) is 34.0 Å². The number of amides is 1. The number of nitrogens with one attached hydrogen (secondary N) is 2. The second-order valence-electron chi connectivity index (χ2n) is 9.42. The van der Waals surface area contributed by atoms with E-state index in [9.17, 15) is 9.18 Å². The van der Waals surface area contributed by atoms with Crippen LogP contribution in [0.1, 0.15) is 42.9 Å². The number of pyridine rings is 1. The second-order valence-corrected chi connectivity index (χ2v) is 9.81. The fourth-order valence-corrected chi connectivity index (χ4v) is 4.97. The molecule has 0 saturated carbocycles. The van der Waals surface area contributed by atoms with Gasteiger partial charge in [-0.05, 0) is 91.4 Å². The third-order valence-electron chi connectivity index (χ3n) is 6.56. The molecule has 1 saturated heterocycles. The SMILES string of the molecule is Cc1cc(N2C(=S)NC(c3ccccn3)C2c2cccn2-c2ccc(F)cc2)ccc1NC(=O)C(C)C. The highest BCUT2D eigenvalue weighted by atomic mass is 32.1. The number of carbonyl (C=O) groups excluding carboxylic acids is 1. The van der Waals surface area contributed by atoms with Crippen LogP contribution in [0.25, 0.3) is 5.69 Å². The molecule has 188 valence electrons. The van der Waals surface area contributed by atoms with Crippen LogP contribution in [0.5, 0.6) is 0 Å². The molecular weight excluding hydrogens is 485 g/mol. The van der Waals surface area contributed by atoms with Crippen molar-refractivity contribution in [3.05, 3.63) is 108 Å². The zero-order valence-corrected chi connectivity index (χ0v) is 21.7. The van der Waals surface area contributed by atoms with Crippen LogP contribution >= 0.6 is 12.2 Å². The first kappa shape index (κ1) is 24.6. The van der Waals surface area contributed by atoms with Crippen molar-refractivity contribution in [2.45, 2.75) is 32.9 Å². The molecular formula is C29H28FN5OS. The zero-order chi connectivity index (χ0) is 26.1. The van der Waals surface area contributed by atoms with Gasteiger partial charge in [-0.1, -0.05) is 19.9 Å². The average molecular weight is 514 g/mol. The number of anilines is 2. The van der Waals surface area contributed by atoms with Crippen molar-refractivity contribution in [1.29, 1.82) is 0 Å². The summed E-state index contributed by atoms with van der Waals surface area (Å²) in [6.07, 6.45) is 3.74. The molecule has 1 aliphatic heterocycles. The summed E-state index contributed by atoms with van der Waals surface area (Å²) in [5, 5.41) is 7.05. The summed E-state index contributed by atoms with van der Waals surface area (Å²) in [5.74, 6) is -0.425. The minimum atomic E-state index is -0.283. The fraction of sp³-hybridized carbons (Fsp3) is 0.207. The third-order valence-corrected chi connectivity index (χ3v) is 6.87. The minimum Gasteiger partial charge on any atom is -0.351 e. The normalized spacial score (nSPS) is 17.2. The third kappa shape index (κ3) is 4.84. The van der Waals surface area contributed by atoms with E-state index in [4.69, 9.17) is 12.2 Å². The predicted molar refractivity (Wildman–Crippen MR) is 148 cm³/mol. The van der Waals surface area contributed by atoms with E-state index in [1.165, 1.54) is 12.1 Å². The van der Waals surface area contributed by atoms with Crippen LogP contribution in [-0.2, 0) is 4.79 Å². The molecule has 0 spiro atoms. The van der Waals surface area contributed by atoms with Crippen molar-refractivity contribution in [3.63, 3.8) is 0 Å². The lowest BCUT2D eigenvalue weighted by Crippen LogP contribution is -2.30. The Morgan fingerprint density at radius 1 is 1.05 bits per heavy atom. The van der Waals surface area contributed by atoms with Gasteiger partial charge in [-0.3, -0.25) is 9.78 Å². The first-order chi connectivity index (χ1) is 17.8. The maximum absolute atomic E-state index is 13.7. The zero-order valence-electron chi connectivity index (χ0n) is 20.9. The maximum Gasteiger partial charge on any atom is 0.226 e. The van der Waals surface area contributed by atoms with Crippen LogP contribution in [0.3, 0.4) is 0 Å². The van der Waals surface area contributed by atoms with Crippen molar-refractivity contribution >= 4 is 34.6 Å². The number of nitrogens with zero attached hydrogens (tertiary/aromatic N) is 3. The number of benzene rings is 2. The molecule has 1 amide bonds. The summed E-state index contributed by atoms with van der Waals surface area (Å²) in [6, 6.07) is 21.7. The molecule has 2 aromatic heterocycles. The van der Waals surface area contributed by atoms with Crippen LogP contribution in [0, 0.1) is 18.7 Å². The standard InChI is InChI=1S/C29H28FN5OS/c1-18(2)28(36)32-23-14-13-22(17-19(23)3)35-27(26(33-29(35)37)24-7-4-5-15-31-24)25-8-6-16-34(25)21-11-9-20(30)10-12-21/h4-18,26-27H,1-3H3,(H,32,36)(H,33,37). The molecule has 3 heterocycles. The lowest BCUT2D eigenvalue weighted by molar-refractivity contribution is -0.118. The van der Waals surface area contributed by atoms with Crippen molar-refractivity contribution in [3.8, 4) is 5.69 Å². The Kier molecular flexibility index (Phi) is 6.76. The molecule has 2 atom stereocenters. The van der Waals surface area contributed by atoms with Gasteiger partial charge in [0, 0.05) is 41.1 Å². The summed E-state index contributed by atoms with van der Waals surface area (Å²) in [7, 11) is 0. The largest absolute Gasteiger partial charge is 0.351 e. The molecule has 2 unspecified atom stereocenters. The number of aromatic nitrogens is 2. The molecule has 8 heteroatoms. The first-order valence-corrected chi connectivity index (χ1v) is 12.6. The van der Waals surface area contributed by atoms with E-state index in [2.05, 4.69) is 26.6 Å². The van der Waals surface area contributed by atoms with Crippen LogP contribution < -0.4 is 15.5 Å². The Morgan fingerprint density at radius 3 is 2.49 bits per heavy atom. The summed E-state index contributed by atoms with van der Waals surface area (Å²) >= 11 is 5.87. The Bertz CT molecular complexity index is 1430. The number of aryl methyl sites for hydroxylation is 1. The smallest absolute Gasteiger partial charge is 0.226 e. The predicted octanol–water partition coefficient (Wildman–Crippen LogP) is 6.09. The average Bonchev–Trinajstić information content (AvgIpc) is 3.50. The van der Waals surface area contributed by atoms with E-state index in [0.29, 0.717) is 5.11 Å². The molecule has 0 radical (unpaired) electrons.